The Labute approximate surface area is 146 Å². The number of aliphatic hydroxyl groups is 1. The van der Waals surface area contributed by atoms with Crippen LogP contribution < -0.4 is 0 Å². The fourth-order valence-corrected chi connectivity index (χ4v) is 3.20. The van der Waals surface area contributed by atoms with Gasteiger partial charge in [0.2, 0.25) is 0 Å². The molecule has 0 aromatic carbocycles. The second kappa shape index (κ2) is 6.56. The lowest BCUT2D eigenvalue weighted by Crippen LogP contribution is -2.18. The van der Waals surface area contributed by atoms with Gasteiger partial charge in [0.05, 0.1) is 18.5 Å². The van der Waals surface area contributed by atoms with Crippen LogP contribution in [0.2, 0.25) is 0 Å². The molecule has 2 heterocycles. The van der Waals surface area contributed by atoms with Crippen LogP contribution in [0.5, 0.6) is 0 Å². The molecule has 3 rings (SSSR count). The Balaban J connectivity index is 2.13. The highest BCUT2D eigenvalue weighted by molar-refractivity contribution is 5.89. The van der Waals surface area contributed by atoms with E-state index in [1.165, 1.54) is 12.1 Å². The summed E-state index contributed by atoms with van der Waals surface area (Å²) < 4.78 is 40.6. The second-order valence-electron chi connectivity index (χ2n) is 6.10. The number of carboxylic acids is 1. The molecular weight excluding hydrogens is 351 g/mol. The normalized spacial score (nSPS) is 17.8. The van der Waals surface area contributed by atoms with E-state index >= 15 is 0 Å². The van der Waals surface area contributed by atoms with Gasteiger partial charge in [-0.05, 0) is 42.0 Å². The van der Waals surface area contributed by atoms with Gasteiger partial charge in [0.15, 0.2) is 11.5 Å². The number of pyridine rings is 1. The summed E-state index contributed by atoms with van der Waals surface area (Å²) in [7, 11) is 0. The van der Waals surface area contributed by atoms with Crippen molar-refractivity contribution in [3.8, 4) is 5.82 Å². The molecule has 138 valence electrons. The minimum Gasteiger partial charge on any atom is -0.478 e. The highest BCUT2D eigenvalue weighted by Gasteiger charge is 2.41. The van der Waals surface area contributed by atoms with Crippen LogP contribution in [0.15, 0.2) is 30.0 Å². The minimum atomic E-state index is -4.90. The smallest absolute Gasteiger partial charge is 0.434 e. The van der Waals surface area contributed by atoms with Gasteiger partial charge in [-0.3, -0.25) is 0 Å². The molecule has 1 aliphatic rings. The number of carbonyl (C=O) groups is 1. The average molecular weight is 367 g/mol. The summed E-state index contributed by atoms with van der Waals surface area (Å²) in [6, 6.07) is 4.52. The standard InChI is InChI=1S/C17H16F3N3O3/c1-9-5-6-10(12(9)8-24)13-3-2-4-14(22-13)23-15(17(18,19)20)11(7-21-23)16(25)26/h2-4,7,9,24H,5-6,8H2,1H3,(H,25,26). The number of nitrogens with zero attached hydrogens (tertiary/aromatic N) is 3. The first-order valence-corrected chi connectivity index (χ1v) is 7.93. The van der Waals surface area contributed by atoms with E-state index in [1.807, 2.05) is 6.92 Å². The fraction of sp³-hybridized carbons (Fsp3) is 0.353. The topological polar surface area (TPSA) is 88.2 Å². The maximum atomic E-state index is 13.4. The molecule has 6 nitrogen and oxygen atoms in total. The zero-order valence-corrected chi connectivity index (χ0v) is 13.8. The molecule has 1 aliphatic carbocycles. The number of aromatic carboxylic acids is 1. The van der Waals surface area contributed by atoms with Gasteiger partial charge in [-0.15, -0.1) is 0 Å². The van der Waals surface area contributed by atoms with Crippen molar-refractivity contribution >= 4 is 11.5 Å². The first-order chi connectivity index (χ1) is 12.2. The Morgan fingerprint density at radius 1 is 1.38 bits per heavy atom. The largest absolute Gasteiger partial charge is 0.478 e. The van der Waals surface area contributed by atoms with Crippen LogP contribution in [0, 0.1) is 5.92 Å². The molecule has 2 aromatic heterocycles. The fourth-order valence-electron chi connectivity index (χ4n) is 3.20. The molecule has 26 heavy (non-hydrogen) atoms. The van der Waals surface area contributed by atoms with E-state index in [-0.39, 0.29) is 18.3 Å². The predicted molar refractivity (Wildman–Crippen MR) is 85.7 cm³/mol. The Bertz CT molecular complexity index is 887. The Morgan fingerprint density at radius 3 is 2.73 bits per heavy atom. The molecular formula is C17H16F3N3O3. The highest BCUT2D eigenvalue weighted by atomic mass is 19.4. The van der Waals surface area contributed by atoms with Crippen LogP contribution in [0.4, 0.5) is 13.2 Å². The van der Waals surface area contributed by atoms with Gasteiger partial charge in [0.1, 0.15) is 5.56 Å². The quantitative estimate of drug-likeness (QED) is 0.867. The zero-order valence-electron chi connectivity index (χ0n) is 13.8. The van der Waals surface area contributed by atoms with E-state index in [0.717, 1.165) is 17.6 Å². The molecule has 0 amide bonds. The van der Waals surface area contributed by atoms with Crippen LogP contribution in [0.3, 0.4) is 0 Å². The van der Waals surface area contributed by atoms with E-state index in [1.54, 1.807) is 6.07 Å². The van der Waals surface area contributed by atoms with Crippen molar-refractivity contribution in [2.75, 3.05) is 6.61 Å². The van der Waals surface area contributed by atoms with Crippen LogP contribution >= 0.6 is 0 Å². The summed E-state index contributed by atoms with van der Waals surface area (Å²) in [5.41, 5.74) is -0.241. The number of halogens is 3. The van der Waals surface area contributed by atoms with E-state index in [4.69, 9.17) is 5.11 Å². The maximum Gasteiger partial charge on any atom is 0.434 e. The number of rotatable bonds is 4. The molecule has 0 bridgehead atoms. The highest BCUT2D eigenvalue weighted by Crippen LogP contribution is 2.37. The summed E-state index contributed by atoms with van der Waals surface area (Å²) in [6.07, 6.45) is -2.75. The van der Waals surface area contributed by atoms with Gasteiger partial charge in [-0.1, -0.05) is 13.0 Å². The Kier molecular flexibility index (Phi) is 4.57. The summed E-state index contributed by atoms with van der Waals surface area (Å²) >= 11 is 0. The predicted octanol–water partition coefficient (Wildman–Crippen LogP) is 3.16. The van der Waals surface area contributed by atoms with Gasteiger partial charge in [-0.25, -0.2) is 14.5 Å². The number of alkyl halides is 3. The van der Waals surface area contributed by atoms with Crippen molar-refractivity contribution in [1.29, 1.82) is 0 Å². The number of allylic oxidation sites excluding steroid dienone is 1. The van der Waals surface area contributed by atoms with Crippen LogP contribution in [0.25, 0.3) is 11.4 Å². The molecule has 0 saturated carbocycles. The molecule has 0 saturated heterocycles. The number of hydrogen-bond donors (Lipinski definition) is 2. The lowest BCUT2D eigenvalue weighted by molar-refractivity contribution is -0.143. The van der Waals surface area contributed by atoms with Crippen molar-refractivity contribution in [3.63, 3.8) is 0 Å². The summed E-state index contributed by atoms with van der Waals surface area (Å²) in [4.78, 5) is 15.3. The molecule has 0 spiro atoms. The molecule has 1 atom stereocenters. The number of hydrogen-bond acceptors (Lipinski definition) is 4. The van der Waals surface area contributed by atoms with Crippen LogP contribution in [0.1, 0.15) is 41.5 Å². The molecule has 0 aliphatic heterocycles. The van der Waals surface area contributed by atoms with E-state index in [9.17, 15) is 23.1 Å². The molecule has 1 unspecified atom stereocenters. The average Bonchev–Trinajstić information content (AvgIpc) is 3.18. The first kappa shape index (κ1) is 18.1. The lowest BCUT2D eigenvalue weighted by Gasteiger charge is -2.13. The van der Waals surface area contributed by atoms with Crippen molar-refractivity contribution in [2.45, 2.75) is 25.9 Å². The Hall–Kier alpha value is -2.68. The van der Waals surface area contributed by atoms with Crippen LogP contribution in [-0.2, 0) is 6.18 Å². The number of aliphatic hydroxyl groups excluding tert-OH is 1. The number of carboxylic acid groups (broad SMARTS) is 1. The van der Waals surface area contributed by atoms with Gasteiger partial charge < -0.3 is 10.2 Å². The molecule has 0 radical (unpaired) electrons. The van der Waals surface area contributed by atoms with E-state index < -0.39 is 23.4 Å². The van der Waals surface area contributed by atoms with Gasteiger partial charge in [-0.2, -0.15) is 18.3 Å². The summed E-state index contributed by atoms with van der Waals surface area (Å²) in [6.45, 7) is 1.83. The first-order valence-electron chi connectivity index (χ1n) is 7.93. The third-order valence-electron chi connectivity index (χ3n) is 4.51. The monoisotopic (exact) mass is 367 g/mol. The van der Waals surface area contributed by atoms with Gasteiger partial charge in [0.25, 0.3) is 0 Å². The minimum absolute atomic E-state index is 0.133. The van der Waals surface area contributed by atoms with Crippen molar-refractivity contribution in [1.82, 2.24) is 14.8 Å². The SMILES string of the molecule is CC1CCC(c2cccc(-n3ncc(C(=O)O)c3C(F)(F)F)n2)=C1CO. The molecule has 2 aromatic rings. The summed E-state index contributed by atoms with van der Waals surface area (Å²) in [5, 5.41) is 22.1. The van der Waals surface area contributed by atoms with Gasteiger partial charge >= 0.3 is 12.1 Å². The van der Waals surface area contributed by atoms with Crippen molar-refractivity contribution in [2.24, 2.45) is 5.92 Å². The Morgan fingerprint density at radius 2 is 2.12 bits per heavy atom. The van der Waals surface area contributed by atoms with Gasteiger partial charge in [0, 0.05) is 0 Å². The maximum absolute atomic E-state index is 13.4. The molecule has 0 fully saturated rings. The third kappa shape index (κ3) is 3.10. The zero-order chi connectivity index (χ0) is 19.1. The van der Waals surface area contributed by atoms with Crippen molar-refractivity contribution < 1.29 is 28.2 Å². The molecule has 9 heteroatoms. The second-order valence-corrected chi connectivity index (χ2v) is 6.10. The van der Waals surface area contributed by atoms with E-state index in [0.29, 0.717) is 23.0 Å². The summed E-state index contributed by atoms with van der Waals surface area (Å²) in [5.74, 6) is -1.67. The van der Waals surface area contributed by atoms with Crippen LogP contribution in [-0.4, -0.2) is 37.6 Å². The van der Waals surface area contributed by atoms with Crippen molar-refractivity contribution in [3.05, 3.63) is 46.9 Å². The lowest BCUT2D eigenvalue weighted by atomic mass is 10.0. The molecule has 2 N–H and O–H groups in total. The third-order valence-corrected chi connectivity index (χ3v) is 4.51. The number of aromatic nitrogens is 3. The van der Waals surface area contributed by atoms with E-state index in [2.05, 4.69) is 10.1 Å².